The first-order valence-electron chi connectivity index (χ1n) is 12.4. The molecule has 2 aliphatic carbocycles. The summed E-state index contributed by atoms with van der Waals surface area (Å²) in [5.41, 5.74) is 7.59. The number of carbonyl (C=O) groups is 1. The van der Waals surface area contributed by atoms with Gasteiger partial charge in [0.2, 0.25) is 0 Å². The molecule has 0 radical (unpaired) electrons. The van der Waals surface area contributed by atoms with E-state index in [1.165, 1.54) is 36.1 Å². The first kappa shape index (κ1) is 21.1. The van der Waals surface area contributed by atoms with Crippen LogP contribution in [-0.2, 0) is 9.53 Å². The number of quaternary nitrogens is 1. The number of allylic oxidation sites excluding steroid dienone is 2. The SMILES string of the molecule is CC1=C2C[C@H]3[C@@H](C[C@@]2(C)CCC1)OC(=O)[C@@H]3C[NH+]1CCN(c2cc(C)ccc2C)CC1. The molecule has 0 unspecified atom stereocenters. The van der Waals surface area contributed by atoms with E-state index >= 15 is 0 Å². The molecule has 0 bridgehead atoms. The summed E-state index contributed by atoms with van der Waals surface area (Å²) in [5.74, 6) is 0.562. The zero-order valence-corrected chi connectivity index (χ0v) is 19.8. The number of piperazine rings is 1. The maximum absolute atomic E-state index is 12.9. The molecular formula is C27H39N2O2+. The summed E-state index contributed by atoms with van der Waals surface area (Å²) in [6, 6.07) is 6.75. The molecule has 2 aliphatic heterocycles. The Bertz CT molecular complexity index is 898. The Morgan fingerprint density at radius 3 is 2.74 bits per heavy atom. The molecule has 4 nitrogen and oxygen atoms in total. The molecule has 2 heterocycles. The van der Waals surface area contributed by atoms with Crippen molar-refractivity contribution in [3.05, 3.63) is 40.5 Å². The molecule has 1 aromatic rings. The molecule has 0 amide bonds. The summed E-state index contributed by atoms with van der Waals surface area (Å²) >= 11 is 0. The molecule has 5 rings (SSSR count). The van der Waals surface area contributed by atoms with Crippen molar-refractivity contribution in [2.45, 2.75) is 65.9 Å². The number of aryl methyl sites for hydroxylation is 2. The maximum Gasteiger partial charge on any atom is 0.315 e. The summed E-state index contributed by atoms with van der Waals surface area (Å²) in [6.07, 6.45) is 6.07. The zero-order valence-electron chi connectivity index (χ0n) is 19.8. The van der Waals surface area contributed by atoms with Gasteiger partial charge in [0, 0.05) is 11.6 Å². The van der Waals surface area contributed by atoms with E-state index in [0.717, 1.165) is 45.6 Å². The number of fused-ring (bicyclic) bond motifs is 2. The summed E-state index contributed by atoms with van der Waals surface area (Å²) in [5, 5.41) is 0. The van der Waals surface area contributed by atoms with Crippen LogP contribution >= 0.6 is 0 Å². The minimum Gasteiger partial charge on any atom is -0.462 e. The number of anilines is 1. The van der Waals surface area contributed by atoms with Crippen molar-refractivity contribution in [3.8, 4) is 0 Å². The second kappa shape index (κ2) is 7.95. The fourth-order valence-electron chi connectivity index (χ4n) is 6.98. The Labute approximate surface area is 187 Å². The number of hydrogen-bond donors (Lipinski definition) is 1. The van der Waals surface area contributed by atoms with E-state index in [9.17, 15) is 4.79 Å². The Morgan fingerprint density at radius 1 is 1.19 bits per heavy atom. The lowest BCUT2D eigenvalue weighted by Gasteiger charge is -2.45. The van der Waals surface area contributed by atoms with Crippen LogP contribution in [-0.4, -0.2) is 44.8 Å². The van der Waals surface area contributed by atoms with Gasteiger partial charge in [-0.05, 0) is 75.5 Å². The Hall–Kier alpha value is -1.81. The van der Waals surface area contributed by atoms with Gasteiger partial charge >= 0.3 is 5.97 Å². The van der Waals surface area contributed by atoms with Gasteiger partial charge in [0.25, 0.3) is 0 Å². The van der Waals surface area contributed by atoms with Crippen LogP contribution in [0.25, 0.3) is 0 Å². The molecule has 1 N–H and O–H groups in total. The minimum atomic E-state index is 0.0824. The van der Waals surface area contributed by atoms with Crippen LogP contribution in [0, 0.1) is 31.1 Å². The molecule has 168 valence electrons. The maximum atomic E-state index is 12.9. The molecular weight excluding hydrogens is 384 g/mol. The largest absolute Gasteiger partial charge is 0.462 e. The predicted octanol–water partition coefficient (Wildman–Crippen LogP) is 3.47. The normalized spacial score (nSPS) is 33.9. The van der Waals surface area contributed by atoms with Gasteiger partial charge in [-0.2, -0.15) is 0 Å². The van der Waals surface area contributed by atoms with E-state index in [0.29, 0.717) is 5.92 Å². The highest BCUT2D eigenvalue weighted by Gasteiger charge is 2.54. The number of benzene rings is 1. The third kappa shape index (κ3) is 3.82. The molecule has 0 aromatic heterocycles. The summed E-state index contributed by atoms with van der Waals surface area (Å²) in [7, 11) is 0. The van der Waals surface area contributed by atoms with Crippen LogP contribution in [0.2, 0.25) is 0 Å². The summed E-state index contributed by atoms with van der Waals surface area (Å²) in [4.78, 5) is 17.0. The Balaban J connectivity index is 1.25. The number of hydrogen-bond acceptors (Lipinski definition) is 3. The minimum absolute atomic E-state index is 0.0824. The van der Waals surface area contributed by atoms with Crippen LogP contribution in [0.1, 0.15) is 57.1 Å². The molecule has 4 aliphatic rings. The monoisotopic (exact) mass is 423 g/mol. The van der Waals surface area contributed by atoms with E-state index in [4.69, 9.17) is 4.74 Å². The topological polar surface area (TPSA) is 34.0 Å². The van der Waals surface area contributed by atoms with Crippen molar-refractivity contribution in [1.29, 1.82) is 0 Å². The van der Waals surface area contributed by atoms with Crippen LogP contribution in [0.3, 0.4) is 0 Å². The summed E-state index contributed by atoms with van der Waals surface area (Å²) < 4.78 is 6.00. The number of esters is 1. The number of rotatable bonds is 3. The molecule has 4 heteroatoms. The lowest BCUT2D eigenvalue weighted by Crippen LogP contribution is -3.15. The standard InChI is InChI=1S/C27H38N2O2/c1-18-7-8-20(3)24(14-18)29-12-10-28(11-13-29)17-22-21-15-23-19(2)6-5-9-27(23,4)16-25(21)31-26(22)30/h7-8,14,21-22,25H,5-6,9-13,15-17H2,1-4H3/p+1/t21-,22-,25-,27-/m1/s1. The number of carbonyl (C=O) groups excluding carboxylic acids is 1. The smallest absolute Gasteiger partial charge is 0.315 e. The van der Waals surface area contributed by atoms with Crippen LogP contribution in [0.4, 0.5) is 5.69 Å². The highest BCUT2D eigenvalue weighted by Crippen LogP contribution is 2.54. The van der Waals surface area contributed by atoms with Gasteiger partial charge in [-0.1, -0.05) is 30.2 Å². The van der Waals surface area contributed by atoms with Gasteiger partial charge in [0.1, 0.15) is 12.0 Å². The molecule has 1 aromatic carbocycles. The first-order chi connectivity index (χ1) is 14.8. The molecule has 2 saturated heterocycles. The van der Waals surface area contributed by atoms with Crippen LogP contribution < -0.4 is 9.80 Å². The number of nitrogens with one attached hydrogen (secondary N) is 1. The van der Waals surface area contributed by atoms with Crippen molar-refractivity contribution < 1.29 is 14.4 Å². The molecule has 1 saturated carbocycles. The Kier molecular flexibility index (Phi) is 5.40. The first-order valence-corrected chi connectivity index (χ1v) is 12.4. The van der Waals surface area contributed by atoms with Gasteiger partial charge in [-0.3, -0.25) is 4.79 Å². The second-order valence-corrected chi connectivity index (χ2v) is 11.1. The van der Waals surface area contributed by atoms with Gasteiger partial charge in [-0.15, -0.1) is 0 Å². The van der Waals surface area contributed by atoms with E-state index in [1.54, 1.807) is 16.0 Å². The highest BCUT2D eigenvalue weighted by molar-refractivity contribution is 5.75. The third-order valence-corrected chi connectivity index (χ3v) is 8.86. The van der Waals surface area contributed by atoms with Gasteiger partial charge in [0.15, 0.2) is 0 Å². The predicted molar refractivity (Wildman–Crippen MR) is 124 cm³/mol. The Morgan fingerprint density at radius 2 is 1.97 bits per heavy atom. The van der Waals surface area contributed by atoms with Crippen molar-refractivity contribution in [3.63, 3.8) is 0 Å². The molecule has 4 atom stereocenters. The average molecular weight is 424 g/mol. The second-order valence-electron chi connectivity index (χ2n) is 11.1. The van der Waals surface area contributed by atoms with Gasteiger partial charge in [0.05, 0.1) is 32.7 Å². The van der Waals surface area contributed by atoms with Crippen molar-refractivity contribution in [1.82, 2.24) is 0 Å². The molecule has 31 heavy (non-hydrogen) atoms. The third-order valence-electron chi connectivity index (χ3n) is 8.86. The number of ether oxygens (including phenoxy) is 1. The fraction of sp³-hybridized carbons (Fsp3) is 0.667. The summed E-state index contributed by atoms with van der Waals surface area (Å²) in [6.45, 7) is 14.4. The lowest BCUT2D eigenvalue weighted by atomic mass is 9.59. The van der Waals surface area contributed by atoms with Crippen molar-refractivity contribution >= 4 is 11.7 Å². The van der Waals surface area contributed by atoms with Crippen molar-refractivity contribution in [2.24, 2.45) is 17.3 Å². The molecule has 0 spiro atoms. The van der Waals surface area contributed by atoms with Gasteiger partial charge in [-0.25, -0.2) is 0 Å². The average Bonchev–Trinajstić information content (AvgIpc) is 3.02. The van der Waals surface area contributed by atoms with E-state index in [-0.39, 0.29) is 23.4 Å². The van der Waals surface area contributed by atoms with Crippen LogP contribution in [0.15, 0.2) is 29.3 Å². The van der Waals surface area contributed by atoms with E-state index < -0.39 is 0 Å². The zero-order chi connectivity index (χ0) is 21.8. The molecule has 3 fully saturated rings. The van der Waals surface area contributed by atoms with Crippen LogP contribution in [0.5, 0.6) is 0 Å². The van der Waals surface area contributed by atoms with E-state index in [2.05, 4.69) is 50.8 Å². The highest BCUT2D eigenvalue weighted by atomic mass is 16.6. The van der Waals surface area contributed by atoms with E-state index in [1.807, 2.05) is 0 Å². The lowest BCUT2D eigenvalue weighted by molar-refractivity contribution is -0.903. The number of nitrogens with zero attached hydrogens (tertiary/aromatic N) is 1. The van der Waals surface area contributed by atoms with Gasteiger partial charge < -0.3 is 14.5 Å². The quantitative estimate of drug-likeness (QED) is 0.597. The van der Waals surface area contributed by atoms with Crippen molar-refractivity contribution in [2.75, 3.05) is 37.6 Å². The fourth-order valence-corrected chi connectivity index (χ4v) is 6.98.